The van der Waals surface area contributed by atoms with Gasteiger partial charge in [-0.25, -0.2) is 4.98 Å². The molecule has 2 atom stereocenters. The highest BCUT2D eigenvalue weighted by atomic mass is 15.2. The van der Waals surface area contributed by atoms with Crippen LogP contribution in [0.15, 0.2) is 12.5 Å². The number of aromatic nitrogens is 2. The zero-order valence-electron chi connectivity index (χ0n) is 11.0. The predicted octanol–water partition coefficient (Wildman–Crippen LogP) is 1.78. The van der Waals surface area contributed by atoms with Crippen LogP contribution >= 0.6 is 0 Å². The van der Waals surface area contributed by atoms with Crippen molar-refractivity contribution in [3.05, 3.63) is 18.2 Å². The lowest BCUT2D eigenvalue weighted by molar-refractivity contribution is 0.187. The summed E-state index contributed by atoms with van der Waals surface area (Å²) < 4.78 is 2.22. The highest BCUT2D eigenvalue weighted by molar-refractivity contribution is 5.10. The second-order valence-corrected chi connectivity index (χ2v) is 4.84. The van der Waals surface area contributed by atoms with E-state index in [1.165, 1.54) is 18.5 Å². The third kappa shape index (κ3) is 2.53. The summed E-state index contributed by atoms with van der Waals surface area (Å²) in [5.74, 6) is 0. The number of aryl methyl sites for hydroxylation is 1. The van der Waals surface area contributed by atoms with Gasteiger partial charge in [-0.3, -0.25) is 4.90 Å². The molecular weight excluding hydrogens is 212 g/mol. The second kappa shape index (κ2) is 5.65. The third-order valence-electron chi connectivity index (χ3n) is 3.83. The van der Waals surface area contributed by atoms with Gasteiger partial charge in [0.25, 0.3) is 0 Å². The maximum absolute atomic E-state index is 6.38. The molecule has 1 aromatic rings. The van der Waals surface area contributed by atoms with Crippen molar-refractivity contribution in [3.8, 4) is 0 Å². The zero-order chi connectivity index (χ0) is 12.3. The van der Waals surface area contributed by atoms with Gasteiger partial charge in [0, 0.05) is 18.8 Å². The van der Waals surface area contributed by atoms with E-state index < -0.39 is 0 Å². The predicted molar refractivity (Wildman–Crippen MR) is 69.7 cm³/mol. The van der Waals surface area contributed by atoms with Crippen LogP contribution in [0.2, 0.25) is 0 Å². The van der Waals surface area contributed by atoms with Crippen molar-refractivity contribution in [1.29, 1.82) is 0 Å². The fourth-order valence-electron chi connectivity index (χ4n) is 2.87. The Labute approximate surface area is 104 Å². The molecule has 2 N–H and O–H groups in total. The summed E-state index contributed by atoms with van der Waals surface area (Å²) in [6.07, 6.45) is 7.53. The zero-order valence-corrected chi connectivity index (χ0v) is 11.0. The largest absolute Gasteiger partial charge is 0.333 e. The van der Waals surface area contributed by atoms with Crippen LogP contribution in [0.1, 0.15) is 44.8 Å². The van der Waals surface area contributed by atoms with Crippen molar-refractivity contribution in [2.45, 2.75) is 51.7 Å². The first kappa shape index (κ1) is 12.6. The molecule has 0 saturated carbocycles. The van der Waals surface area contributed by atoms with Crippen molar-refractivity contribution in [2.24, 2.45) is 5.73 Å². The summed E-state index contributed by atoms with van der Waals surface area (Å²) in [6, 6.07) is 0.574. The molecule has 0 bridgehead atoms. The van der Waals surface area contributed by atoms with Gasteiger partial charge in [0.05, 0.1) is 18.1 Å². The quantitative estimate of drug-likeness (QED) is 0.870. The van der Waals surface area contributed by atoms with Crippen LogP contribution in [0.4, 0.5) is 0 Å². The van der Waals surface area contributed by atoms with E-state index in [1.54, 1.807) is 0 Å². The lowest BCUT2D eigenvalue weighted by atomic mass is 10.0. The van der Waals surface area contributed by atoms with Crippen molar-refractivity contribution < 1.29 is 0 Å². The molecule has 2 heterocycles. The SMILES string of the molecule is CCN1CCCCC(N)C1c1cncn1CC. The third-order valence-corrected chi connectivity index (χ3v) is 3.83. The van der Waals surface area contributed by atoms with Crippen LogP contribution in [-0.4, -0.2) is 33.6 Å². The summed E-state index contributed by atoms with van der Waals surface area (Å²) in [7, 11) is 0. The number of hydrogen-bond acceptors (Lipinski definition) is 3. The Morgan fingerprint density at radius 2 is 2.18 bits per heavy atom. The fourth-order valence-corrected chi connectivity index (χ4v) is 2.87. The van der Waals surface area contributed by atoms with Gasteiger partial charge in [-0.2, -0.15) is 0 Å². The molecule has 1 fully saturated rings. The molecule has 0 radical (unpaired) electrons. The first-order valence-corrected chi connectivity index (χ1v) is 6.77. The van der Waals surface area contributed by atoms with E-state index in [2.05, 4.69) is 28.3 Å². The average molecular weight is 236 g/mol. The van der Waals surface area contributed by atoms with Crippen LogP contribution in [0, 0.1) is 0 Å². The van der Waals surface area contributed by atoms with Crippen LogP contribution in [-0.2, 0) is 6.54 Å². The molecule has 96 valence electrons. The molecule has 2 unspecified atom stereocenters. The smallest absolute Gasteiger partial charge is 0.0948 e. The Hall–Kier alpha value is -0.870. The highest BCUT2D eigenvalue weighted by Gasteiger charge is 2.29. The topological polar surface area (TPSA) is 47.1 Å². The number of likely N-dealkylation sites (tertiary alicyclic amines) is 1. The van der Waals surface area contributed by atoms with Crippen molar-refractivity contribution >= 4 is 0 Å². The maximum Gasteiger partial charge on any atom is 0.0948 e. The van der Waals surface area contributed by atoms with Crippen LogP contribution < -0.4 is 5.73 Å². The first-order chi connectivity index (χ1) is 8.27. The van der Waals surface area contributed by atoms with Crippen molar-refractivity contribution in [2.75, 3.05) is 13.1 Å². The molecule has 1 aliphatic heterocycles. The molecule has 2 rings (SSSR count). The van der Waals surface area contributed by atoms with E-state index in [0.717, 1.165) is 26.1 Å². The van der Waals surface area contributed by atoms with E-state index in [0.29, 0.717) is 6.04 Å². The maximum atomic E-state index is 6.38. The molecular formula is C13H24N4. The fraction of sp³-hybridized carbons (Fsp3) is 0.769. The number of imidazole rings is 1. The van der Waals surface area contributed by atoms with Crippen LogP contribution in [0.5, 0.6) is 0 Å². The molecule has 1 saturated heterocycles. The number of hydrogen-bond donors (Lipinski definition) is 1. The van der Waals surface area contributed by atoms with Gasteiger partial charge >= 0.3 is 0 Å². The first-order valence-electron chi connectivity index (χ1n) is 6.77. The van der Waals surface area contributed by atoms with E-state index >= 15 is 0 Å². The molecule has 1 aliphatic rings. The van der Waals surface area contributed by atoms with Crippen LogP contribution in [0.25, 0.3) is 0 Å². The minimum Gasteiger partial charge on any atom is -0.333 e. The lowest BCUT2D eigenvalue weighted by Crippen LogP contribution is -2.40. The van der Waals surface area contributed by atoms with Crippen LogP contribution in [0.3, 0.4) is 0 Å². The number of nitrogens with two attached hydrogens (primary N) is 1. The van der Waals surface area contributed by atoms with Gasteiger partial charge in [0.2, 0.25) is 0 Å². The lowest BCUT2D eigenvalue weighted by Gasteiger charge is -2.32. The molecule has 0 amide bonds. The molecule has 0 aliphatic carbocycles. The molecule has 4 heteroatoms. The average Bonchev–Trinajstić information content (AvgIpc) is 2.72. The van der Waals surface area contributed by atoms with Gasteiger partial charge in [0.1, 0.15) is 0 Å². The monoisotopic (exact) mass is 236 g/mol. The Morgan fingerprint density at radius 1 is 1.35 bits per heavy atom. The summed E-state index contributed by atoms with van der Waals surface area (Å²) in [4.78, 5) is 6.78. The van der Waals surface area contributed by atoms with E-state index in [9.17, 15) is 0 Å². The summed E-state index contributed by atoms with van der Waals surface area (Å²) >= 11 is 0. The van der Waals surface area contributed by atoms with Crippen molar-refractivity contribution in [1.82, 2.24) is 14.5 Å². The van der Waals surface area contributed by atoms with E-state index in [-0.39, 0.29) is 6.04 Å². The summed E-state index contributed by atoms with van der Waals surface area (Å²) in [5, 5.41) is 0. The minimum atomic E-state index is 0.236. The van der Waals surface area contributed by atoms with Gasteiger partial charge in [0.15, 0.2) is 0 Å². The molecule has 4 nitrogen and oxygen atoms in total. The second-order valence-electron chi connectivity index (χ2n) is 4.84. The Morgan fingerprint density at radius 3 is 2.88 bits per heavy atom. The van der Waals surface area contributed by atoms with Gasteiger partial charge in [-0.05, 0) is 32.9 Å². The van der Waals surface area contributed by atoms with Gasteiger partial charge in [-0.15, -0.1) is 0 Å². The number of rotatable bonds is 3. The molecule has 0 aromatic carbocycles. The number of likely N-dealkylation sites (N-methyl/N-ethyl adjacent to an activating group) is 1. The van der Waals surface area contributed by atoms with E-state index in [4.69, 9.17) is 5.73 Å². The standard InChI is InChI=1S/C13H24N4/c1-3-16-8-6-5-7-11(14)13(16)12-9-15-10-17(12)4-2/h9-11,13H,3-8,14H2,1-2H3. The molecule has 1 aromatic heterocycles. The minimum absolute atomic E-state index is 0.236. The number of nitrogens with zero attached hydrogens (tertiary/aromatic N) is 3. The normalized spacial score (nSPS) is 27.0. The Bertz CT molecular complexity index is 347. The Kier molecular flexibility index (Phi) is 4.18. The summed E-state index contributed by atoms with van der Waals surface area (Å²) in [5.41, 5.74) is 7.66. The molecule has 17 heavy (non-hydrogen) atoms. The highest BCUT2D eigenvalue weighted by Crippen LogP contribution is 2.28. The van der Waals surface area contributed by atoms with E-state index in [1.807, 2.05) is 12.5 Å². The summed E-state index contributed by atoms with van der Waals surface area (Å²) in [6.45, 7) is 7.56. The van der Waals surface area contributed by atoms with Crippen molar-refractivity contribution in [3.63, 3.8) is 0 Å². The Balaban J connectivity index is 2.30. The molecule has 0 spiro atoms. The van der Waals surface area contributed by atoms with Gasteiger partial charge < -0.3 is 10.3 Å². The van der Waals surface area contributed by atoms with Gasteiger partial charge in [-0.1, -0.05) is 13.3 Å².